The van der Waals surface area contributed by atoms with Gasteiger partial charge in [0.1, 0.15) is 0 Å². The van der Waals surface area contributed by atoms with Gasteiger partial charge in [-0.3, -0.25) is 9.59 Å². The molecule has 3 N–H and O–H groups in total. The van der Waals surface area contributed by atoms with Crippen LogP contribution < -0.4 is 16.0 Å². The highest BCUT2D eigenvalue weighted by Crippen LogP contribution is 2.19. The molecular formula is C17H23N3O2. The van der Waals surface area contributed by atoms with E-state index in [9.17, 15) is 9.59 Å². The Labute approximate surface area is 130 Å². The molecule has 0 aromatic heterocycles. The van der Waals surface area contributed by atoms with Crippen molar-refractivity contribution >= 4 is 11.8 Å². The van der Waals surface area contributed by atoms with E-state index in [1.54, 1.807) is 0 Å². The van der Waals surface area contributed by atoms with Crippen LogP contribution in [0.4, 0.5) is 0 Å². The summed E-state index contributed by atoms with van der Waals surface area (Å²) in [5.41, 5.74) is 1.62. The van der Waals surface area contributed by atoms with E-state index in [1.165, 1.54) is 0 Å². The third kappa shape index (κ3) is 3.65. The van der Waals surface area contributed by atoms with E-state index in [1.807, 2.05) is 31.2 Å². The predicted molar refractivity (Wildman–Crippen MR) is 84.3 cm³/mol. The van der Waals surface area contributed by atoms with Crippen molar-refractivity contribution in [2.45, 2.75) is 32.4 Å². The molecule has 0 radical (unpaired) electrons. The fourth-order valence-electron chi connectivity index (χ4n) is 2.55. The van der Waals surface area contributed by atoms with Crippen molar-refractivity contribution in [3.8, 4) is 0 Å². The van der Waals surface area contributed by atoms with E-state index >= 15 is 0 Å². The molecule has 118 valence electrons. The number of rotatable bonds is 6. The third-order valence-electron chi connectivity index (χ3n) is 4.50. The zero-order valence-corrected chi connectivity index (χ0v) is 12.9. The summed E-state index contributed by atoms with van der Waals surface area (Å²) in [6.07, 6.45) is 2.16. The minimum Gasteiger partial charge on any atom is -0.352 e. The van der Waals surface area contributed by atoms with Crippen LogP contribution in [0.25, 0.3) is 0 Å². The summed E-state index contributed by atoms with van der Waals surface area (Å²) < 4.78 is 0. The van der Waals surface area contributed by atoms with E-state index in [-0.39, 0.29) is 17.7 Å². The fourth-order valence-corrected chi connectivity index (χ4v) is 2.55. The minimum atomic E-state index is -0.0235. The second-order valence-corrected chi connectivity index (χ2v) is 6.37. The van der Waals surface area contributed by atoms with Gasteiger partial charge in [-0.05, 0) is 49.5 Å². The van der Waals surface area contributed by atoms with Crippen LogP contribution in [0, 0.1) is 11.8 Å². The molecule has 0 spiro atoms. The molecule has 2 amide bonds. The molecule has 2 fully saturated rings. The third-order valence-corrected chi connectivity index (χ3v) is 4.50. The molecule has 5 nitrogen and oxygen atoms in total. The van der Waals surface area contributed by atoms with Crippen LogP contribution in [0.1, 0.15) is 35.7 Å². The van der Waals surface area contributed by atoms with Crippen molar-refractivity contribution in [2.24, 2.45) is 11.8 Å². The lowest BCUT2D eigenvalue weighted by atomic mass is 9.88. The summed E-state index contributed by atoms with van der Waals surface area (Å²) in [4.78, 5) is 24.1. The highest BCUT2D eigenvalue weighted by molar-refractivity contribution is 5.94. The number of carbonyl (C=O) groups excluding carboxylic acids is 2. The van der Waals surface area contributed by atoms with Gasteiger partial charge in [0, 0.05) is 24.1 Å². The highest BCUT2D eigenvalue weighted by Gasteiger charge is 2.28. The van der Waals surface area contributed by atoms with Crippen LogP contribution in [0.15, 0.2) is 24.3 Å². The van der Waals surface area contributed by atoms with Crippen molar-refractivity contribution in [2.75, 3.05) is 13.1 Å². The number of hydrogen-bond donors (Lipinski definition) is 3. The molecule has 1 saturated heterocycles. The first-order valence-corrected chi connectivity index (χ1v) is 8.01. The second-order valence-electron chi connectivity index (χ2n) is 6.37. The minimum absolute atomic E-state index is 0.0235. The molecule has 1 aromatic rings. The Balaban J connectivity index is 1.53. The fraction of sp³-hybridized carbons (Fsp3) is 0.529. The van der Waals surface area contributed by atoms with Crippen LogP contribution in [-0.2, 0) is 11.3 Å². The van der Waals surface area contributed by atoms with E-state index in [0.29, 0.717) is 24.1 Å². The van der Waals surface area contributed by atoms with Gasteiger partial charge in [-0.25, -0.2) is 0 Å². The topological polar surface area (TPSA) is 70.2 Å². The Morgan fingerprint density at radius 1 is 1.32 bits per heavy atom. The van der Waals surface area contributed by atoms with Crippen LogP contribution in [-0.4, -0.2) is 30.9 Å². The second kappa shape index (κ2) is 6.48. The molecule has 3 rings (SSSR count). The molecule has 5 heteroatoms. The first-order valence-electron chi connectivity index (χ1n) is 8.01. The van der Waals surface area contributed by atoms with Gasteiger partial charge < -0.3 is 16.0 Å². The van der Waals surface area contributed by atoms with Crippen molar-refractivity contribution < 1.29 is 9.59 Å². The lowest BCUT2D eigenvalue weighted by molar-refractivity contribution is -0.126. The predicted octanol–water partition coefficient (Wildman–Crippen LogP) is 1.05. The maximum Gasteiger partial charge on any atom is 0.251 e. The van der Waals surface area contributed by atoms with E-state index in [0.717, 1.165) is 31.5 Å². The molecule has 1 aliphatic heterocycles. The Morgan fingerprint density at radius 2 is 2.09 bits per heavy atom. The van der Waals surface area contributed by atoms with Gasteiger partial charge in [0.2, 0.25) is 5.91 Å². The lowest BCUT2D eigenvalue weighted by Crippen LogP contribution is -2.49. The molecule has 1 aromatic carbocycles. The van der Waals surface area contributed by atoms with Gasteiger partial charge in [0.25, 0.3) is 5.91 Å². The first kappa shape index (κ1) is 15.0. The van der Waals surface area contributed by atoms with Gasteiger partial charge in [-0.2, -0.15) is 0 Å². The zero-order valence-electron chi connectivity index (χ0n) is 12.9. The molecule has 1 unspecified atom stereocenters. The Hall–Kier alpha value is -1.88. The van der Waals surface area contributed by atoms with Gasteiger partial charge >= 0.3 is 0 Å². The van der Waals surface area contributed by atoms with Crippen LogP contribution >= 0.6 is 0 Å². The van der Waals surface area contributed by atoms with E-state index < -0.39 is 0 Å². The largest absolute Gasteiger partial charge is 0.352 e. The highest BCUT2D eigenvalue weighted by atomic mass is 16.2. The van der Waals surface area contributed by atoms with Gasteiger partial charge in [0.15, 0.2) is 0 Å². The Kier molecular flexibility index (Phi) is 4.43. The summed E-state index contributed by atoms with van der Waals surface area (Å²) >= 11 is 0. The average Bonchev–Trinajstić information content (AvgIpc) is 3.27. The number of amides is 2. The molecule has 1 aliphatic carbocycles. The summed E-state index contributed by atoms with van der Waals surface area (Å²) in [6.45, 7) is 4.28. The summed E-state index contributed by atoms with van der Waals surface area (Å²) in [7, 11) is 0. The van der Waals surface area contributed by atoms with E-state index in [2.05, 4.69) is 16.0 Å². The van der Waals surface area contributed by atoms with Crippen LogP contribution in [0.2, 0.25) is 0 Å². The zero-order chi connectivity index (χ0) is 15.5. The monoisotopic (exact) mass is 301 g/mol. The standard InChI is InChI=1S/C17H23N3O2/c1-11(14-9-18-10-14)16(21)19-8-12-3-2-4-13(7-12)17(22)20-15-5-6-15/h2-4,7,11,14-15,18H,5-6,8-10H2,1H3,(H,19,21)(H,20,22). The molecule has 2 aliphatic rings. The molecule has 0 bridgehead atoms. The normalized spacial score (nSPS) is 19.1. The van der Waals surface area contributed by atoms with Crippen LogP contribution in [0.5, 0.6) is 0 Å². The van der Waals surface area contributed by atoms with Gasteiger partial charge in [-0.1, -0.05) is 19.1 Å². The quantitative estimate of drug-likeness (QED) is 0.735. The summed E-state index contributed by atoms with van der Waals surface area (Å²) in [5.74, 6) is 0.530. The number of benzene rings is 1. The van der Waals surface area contributed by atoms with Gasteiger partial charge in [0.05, 0.1) is 0 Å². The SMILES string of the molecule is CC(C(=O)NCc1cccc(C(=O)NC2CC2)c1)C1CNC1. The van der Waals surface area contributed by atoms with Crippen LogP contribution in [0.3, 0.4) is 0 Å². The molecule has 1 saturated carbocycles. The smallest absolute Gasteiger partial charge is 0.251 e. The van der Waals surface area contributed by atoms with Crippen molar-refractivity contribution in [1.29, 1.82) is 0 Å². The van der Waals surface area contributed by atoms with Crippen molar-refractivity contribution in [1.82, 2.24) is 16.0 Å². The maximum atomic E-state index is 12.1. The molecule has 1 heterocycles. The van der Waals surface area contributed by atoms with E-state index in [4.69, 9.17) is 0 Å². The summed E-state index contributed by atoms with van der Waals surface area (Å²) in [6, 6.07) is 7.82. The molecular weight excluding hydrogens is 278 g/mol. The van der Waals surface area contributed by atoms with Crippen molar-refractivity contribution in [3.63, 3.8) is 0 Å². The lowest BCUT2D eigenvalue weighted by Gasteiger charge is -2.31. The van der Waals surface area contributed by atoms with Gasteiger partial charge in [-0.15, -0.1) is 0 Å². The number of nitrogens with one attached hydrogen (secondary N) is 3. The molecule has 1 atom stereocenters. The first-order chi connectivity index (χ1) is 10.6. The summed E-state index contributed by atoms with van der Waals surface area (Å²) in [5, 5.41) is 9.13. The Morgan fingerprint density at radius 3 is 2.73 bits per heavy atom. The Bertz CT molecular complexity index is 565. The molecule has 22 heavy (non-hydrogen) atoms. The number of hydrogen-bond acceptors (Lipinski definition) is 3. The number of carbonyl (C=O) groups is 2. The van der Waals surface area contributed by atoms with Crippen molar-refractivity contribution in [3.05, 3.63) is 35.4 Å². The average molecular weight is 301 g/mol. The maximum absolute atomic E-state index is 12.1.